The number of likely N-dealkylation sites (N-methyl/N-ethyl adjacent to an activating group) is 1. The minimum atomic E-state index is 0.113. The molecule has 0 aromatic carbocycles. The van der Waals surface area contributed by atoms with E-state index >= 15 is 0 Å². The van der Waals surface area contributed by atoms with E-state index in [2.05, 4.69) is 21.8 Å². The molecule has 0 spiro atoms. The Balaban J connectivity index is 1.67. The molecule has 3 rings (SSSR count). The van der Waals surface area contributed by atoms with Crippen molar-refractivity contribution in [2.45, 2.75) is 57.7 Å². The van der Waals surface area contributed by atoms with Gasteiger partial charge in [-0.1, -0.05) is 13.3 Å². The summed E-state index contributed by atoms with van der Waals surface area (Å²) >= 11 is 0. The molecule has 5 nitrogen and oxygen atoms in total. The Morgan fingerprint density at radius 2 is 2.14 bits per heavy atom. The molecule has 3 heterocycles. The van der Waals surface area contributed by atoms with Crippen molar-refractivity contribution >= 4 is 5.91 Å². The smallest absolute Gasteiger partial charge is 0.240 e. The Hall–Kier alpha value is -1.36. The maximum Gasteiger partial charge on any atom is 0.240 e. The third-order valence-corrected chi connectivity index (χ3v) is 4.92. The van der Waals surface area contributed by atoms with Gasteiger partial charge in [0, 0.05) is 18.9 Å². The summed E-state index contributed by atoms with van der Waals surface area (Å²) in [7, 11) is 0. The Labute approximate surface area is 126 Å². The number of carbonyl (C=O) groups is 1. The highest BCUT2D eigenvalue weighted by atomic mass is 16.2. The summed E-state index contributed by atoms with van der Waals surface area (Å²) in [4.78, 5) is 17.4. The highest BCUT2D eigenvalue weighted by Crippen LogP contribution is 2.24. The fourth-order valence-electron chi connectivity index (χ4n) is 3.78. The number of piperidine rings is 1. The number of likely N-dealkylation sites (tertiary alicyclic amines) is 2. The molecular weight excluding hydrogens is 264 g/mol. The van der Waals surface area contributed by atoms with Gasteiger partial charge in [0.25, 0.3) is 0 Å². The predicted molar refractivity (Wildman–Crippen MR) is 81.8 cm³/mol. The van der Waals surface area contributed by atoms with Crippen molar-refractivity contribution in [1.82, 2.24) is 19.6 Å². The molecule has 0 bridgehead atoms. The van der Waals surface area contributed by atoms with Gasteiger partial charge in [0.1, 0.15) is 0 Å². The Bertz CT molecular complexity index is 459. The van der Waals surface area contributed by atoms with Crippen molar-refractivity contribution in [3.63, 3.8) is 0 Å². The van der Waals surface area contributed by atoms with Crippen molar-refractivity contribution < 1.29 is 4.79 Å². The molecule has 0 saturated carbocycles. The van der Waals surface area contributed by atoms with Crippen LogP contribution in [0.15, 0.2) is 18.5 Å². The van der Waals surface area contributed by atoms with Crippen molar-refractivity contribution in [2.24, 2.45) is 0 Å². The summed E-state index contributed by atoms with van der Waals surface area (Å²) in [6.45, 7) is 5.96. The normalized spacial score (nSPS) is 27.2. The molecule has 5 heteroatoms. The zero-order chi connectivity index (χ0) is 14.7. The van der Waals surface area contributed by atoms with E-state index in [1.807, 2.05) is 16.9 Å². The first-order chi connectivity index (χ1) is 10.3. The molecule has 2 fully saturated rings. The number of aromatic nitrogens is 2. The fourth-order valence-corrected chi connectivity index (χ4v) is 3.78. The van der Waals surface area contributed by atoms with Crippen LogP contribution >= 0.6 is 0 Å². The SMILES string of the molecule is CCN1CCCC[C@@H]1C(=O)N1CCC[C@@H]1Cn1cccn1. The first-order valence-electron chi connectivity index (χ1n) is 8.31. The van der Waals surface area contributed by atoms with Crippen LogP contribution in [0.4, 0.5) is 0 Å². The summed E-state index contributed by atoms with van der Waals surface area (Å²) in [5, 5.41) is 4.29. The van der Waals surface area contributed by atoms with Gasteiger partial charge in [-0.25, -0.2) is 0 Å². The topological polar surface area (TPSA) is 41.4 Å². The molecule has 0 radical (unpaired) electrons. The second-order valence-corrected chi connectivity index (χ2v) is 6.20. The van der Waals surface area contributed by atoms with Crippen LogP contribution in [0.3, 0.4) is 0 Å². The van der Waals surface area contributed by atoms with E-state index in [-0.39, 0.29) is 6.04 Å². The van der Waals surface area contributed by atoms with Gasteiger partial charge in [-0.15, -0.1) is 0 Å². The second-order valence-electron chi connectivity index (χ2n) is 6.20. The zero-order valence-electron chi connectivity index (χ0n) is 12.9. The average molecular weight is 290 g/mol. The molecule has 1 amide bonds. The van der Waals surface area contributed by atoms with E-state index in [1.165, 1.54) is 12.8 Å². The first-order valence-corrected chi connectivity index (χ1v) is 8.31. The molecule has 0 aliphatic carbocycles. The minimum absolute atomic E-state index is 0.113. The minimum Gasteiger partial charge on any atom is -0.336 e. The van der Waals surface area contributed by atoms with E-state index in [9.17, 15) is 4.79 Å². The number of amides is 1. The van der Waals surface area contributed by atoms with Gasteiger partial charge < -0.3 is 4.90 Å². The van der Waals surface area contributed by atoms with E-state index in [1.54, 1.807) is 6.20 Å². The van der Waals surface area contributed by atoms with Crippen molar-refractivity contribution in [3.05, 3.63) is 18.5 Å². The summed E-state index contributed by atoms with van der Waals surface area (Å²) < 4.78 is 1.95. The summed E-state index contributed by atoms with van der Waals surface area (Å²) in [6, 6.07) is 2.38. The largest absolute Gasteiger partial charge is 0.336 e. The molecule has 21 heavy (non-hydrogen) atoms. The Morgan fingerprint density at radius 1 is 1.24 bits per heavy atom. The van der Waals surface area contributed by atoms with E-state index in [0.29, 0.717) is 11.9 Å². The lowest BCUT2D eigenvalue weighted by Crippen LogP contribution is -2.52. The average Bonchev–Trinajstić information content (AvgIpc) is 3.19. The maximum atomic E-state index is 13.0. The molecular formula is C16H26N4O. The maximum absolute atomic E-state index is 13.0. The standard InChI is InChI=1S/C16H26N4O/c1-2-18-10-4-3-8-15(18)16(21)20-12-5-7-14(20)13-19-11-6-9-17-19/h6,9,11,14-15H,2-5,7-8,10,12-13H2,1H3/t14-,15-/m1/s1. The molecule has 2 aliphatic rings. The molecule has 116 valence electrons. The van der Waals surface area contributed by atoms with Crippen molar-refractivity contribution in [1.29, 1.82) is 0 Å². The van der Waals surface area contributed by atoms with Gasteiger partial charge in [0.15, 0.2) is 0 Å². The zero-order valence-corrected chi connectivity index (χ0v) is 12.9. The molecule has 2 atom stereocenters. The van der Waals surface area contributed by atoms with Crippen LogP contribution in [0.1, 0.15) is 39.0 Å². The number of hydrogen-bond acceptors (Lipinski definition) is 3. The molecule has 1 aromatic rings. The van der Waals surface area contributed by atoms with Gasteiger partial charge in [0.05, 0.1) is 18.6 Å². The molecule has 2 aliphatic heterocycles. The third kappa shape index (κ3) is 3.12. The Morgan fingerprint density at radius 3 is 2.90 bits per heavy atom. The summed E-state index contributed by atoms with van der Waals surface area (Å²) in [5.41, 5.74) is 0. The third-order valence-electron chi connectivity index (χ3n) is 4.92. The monoisotopic (exact) mass is 290 g/mol. The van der Waals surface area contributed by atoms with E-state index in [4.69, 9.17) is 0 Å². The highest BCUT2D eigenvalue weighted by molar-refractivity contribution is 5.82. The van der Waals surface area contributed by atoms with Crippen molar-refractivity contribution in [2.75, 3.05) is 19.6 Å². The van der Waals surface area contributed by atoms with Crippen LogP contribution in [-0.4, -0.2) is 57.2 Å². The quantitative estimate of drug-likeness (QED) is 0.848. The summed E-state index contributed by atoms with van der Waals surface area (Å²) in [5.74, 6) is 0.353. The molecule has 1 aromatic heterocycles. The first kappa shape index (κ1) is 14.6. The Kier molecular flexibility index (Phi) is 4.58. The van der Waals surface area contributed by atoms with Gasteiger partial charge in [-0.2, -0.15) is 5.10 Å². The van der Waals surface area contributed by atoms with Crippen molar-refractivity contribution in [3.8, 4) is 0 Å². The van der Waals surface area contributed by atoms with Gasteiger partial charge in [-0.3, -0.25) is 14.4 Å². The molecule has 2 saturated heterocycles. The van der Waals surface area contributed by atoms with Gasteiger partial charge >= 0.3 is 0 Å². The van der Waals surface area contributed by atoms with Crippen LogP contribution in [0.5, 0.6) is 0 Å². The van der Waals surface area contributed by atoms with Crippen LogP contribution in [0.2, 0.25) is 0 Å². The van der Waals surface area contributed by atoms with Gasteiger partial charge in [0.2, 0.25) is 5.91 Å². The van der Waals surface area contributed by atoms with Crippen LogP contribution in [-0.2, 0) is 11.3 Å². The van der Waals surface area contributed by atoms with E-state index in [0.717, 1.165) is 45.4 Å². The number of hydrogen-bond donors (Lipinski definition) is 0. The predicted octanol–water partition coefficient (Wildman–Crippen LogP) is 1.75. The van der Waals surface area contributed by atoms with Gasteiger partial charge in [-0.05, 0) is 44.8 Å². The lowest BCUT2D eigenvalue weighted by atomic mass is 10.0. The highest BCUT2D eigenvalue weighted by Gasteiger charge is 2.36. The molecule has 0 N–H and O–H groups in total. The molecule has 0 unspecified atom stereocenters. The van der Waals surface area contributed by atoms with Crippen LogP contribution < -0.4 is 0 Å². The lowest BCUT2D eigenvalue weighted by molar-refractivity contribution is -0.139. The number of rotatable bonds is 4. The van der Waals surface area contributed by atoms with Crippen LogP contribution in [0, 0.1) is 0 Å². The number of nitrogens with zero attached hydrogens (tertiary/aromatic N) is 4. The fraction of sp³-hybridized carbons (Fsp3) is 0.750. The lowest BCUT2D eigenvalue weighted by Gasteiger charge is -2.37. The summed E-state index contributed by atoms with van der Waals surface area (Å²) in [6.07, 6.45) is 9.46. The van der Waals surface area contributed by atoms with E-state index < -0.39 is 0 Å². The second kappa shape index (κ2) is 6.60. The van der Waals surface area contributed by atoms with Crippen LogP contribution in [0.25, 0.3) is 0 Å². The number of carbonyl (C=O) groups excluding carboxylic acids is 1.